The predicted molar refractivity (Wildman–Crippen MR) is 198 cm³/mol. The van der Waals surface area contributed by atoms with E-state index in [1.807, 2.05) is 38.1 Å². The summed E-state index contributed by atoms with van der Waals surface area (Å²) in [5, 5.41) is 16.1. The van der Waals surface area contributed by atoms with Gasteiger partial charge in [0, 0.05) is 19.5 Å². The van der Waals surface area contributed by atoms with Crippen LogP contribution in [0.1, 0.15) is 44.0 Å². The lowest BCUT2D eigenvalue weighted by Gasteiger charge is -2.35. The lowest BCUT2D eigenvalue weighted by Crippen LogP contribution is -2.58. The normalized spacial score (nSPS) is 16.8. The number of ether oxygens (including phenoxy) is 3. The monoisotopic (exact) mass is 774 g/mol. The molecule has 4 rings (SSSR count). The minimum atomic E-state index is -3.85. The van der Waals surface area contributed by atoms with Gasteiger partial charge in [0.05, 0.1) is 66.7 Å². The second-order valence-corrected chi connectivity index (χ2v) is 16.3. The number of aliphatic hydroxyl groups is 1. The first-order chi connectivity index (χ1) is 25.2. The summed E-state index contributed by atoms with van der Waals surface area (Å²) < 4.78 is 45.6. The zero-order chi connectivity index (χ0) is 38.6. The molecule has 0 spiro atoms. The summed E-state index contributed by atoms with van der Waals surface area (Å²) in [5.74, 6) is -1.36. The van der Waals surface area contributed by atoms with E-state index < -0.39 is 45.5 Å². The Bertz CT molecular complexity index is 1760. The smallest absolute Gasteiger partial charge is 0.297 e. The number of carbonyl (C=O) groups excluding carboxylic acids is 3. The molecule has 1 fully saturated rings. The van der Waals surface area contributed by atoms with Gasteiger partial charge in [-0.15, -0.1) is 11.3 Å². The third kappa shape index (κ3) is 12.7. The van der Waals surface area contributed by atoms with Gasteiger partial charge >= 0.3 is 0 Å². The van der Waals surface area contributed by atoms with Crippen LogP contribution in [0.3, 0.4) is 0 Å². The van der Waals surface area contributed by atoms with E-state index in [1.54, 1.807) is 49.8 Å². The van der Waals surface area contributed by atoms with Crippen molar-refractivity contribution < 1.29 is 46.3 Å². The van der Waals surface area contributed by atoms with Crippen molar-refractivity contribution in [2.45, 2.75) is 70.7 Å². The summed E-state index contributed by atoms with van der Waals surface area (Å²) in [4.78, 5) is 46.8. The first-order valence-corrected chi connectivity index (χ1v) is 19.7. The molecular weight excluding hydrogens is 725 g/mol. The average molecular weight is 775 g/mol. The molecule has 1 saturated heterocycles. The Labute approximate surface area is 315 Å². The second kappa shape index (κ2) is 19.5. The summed E-state index contributed by atoms with van der Waals surface area (Å²) in [5.41, 5.74) is 4.92. The molecule has 3 aromatic rings. The third-order valence-electron chi connectivity index (χ3n) is 8.46. The van der Waals surface area contributed by atoms with Crippen molar-refractivity contribution >= 4 is 39.2 Å². The SMILES string of the molecule is Cc1ccc(S(=O)(=O)OCCOCCOCCOCC(=O)NC(C(=O)N2C[C@H](O)C[C@H]2C(=O)NCc2ccc(-c3scnc3C)cc2)C(C)(C)C)cc1. The van der Waals surface area contributed by atoms with E-state index >= 15 is 0 Å². The number of aromatic nitrogens is 1. The summed E-state index contributed by atoms with van der Waals surface area (Å²) in [6.45, 7) is 9.76. The maximum atomic E-state index is 13.8. The number of β-amino-alcohol motifs (C(OH)–C–C–N with tert-alkyl or cyclic N) is 1. The number of aliphatic hydroxyl groups excluding tert-OH is 1. The Morgan fingerprint density at radius 1 is 0.943 bits per heavy atom. The zero-order valence-corrected chi connectivity index (χ0v) is 32.5. The van der Waals surface area contributed by atoms with Crippen LogP contribution in [0.25, 0.3) is 10.4 Å². The fraction of sp³-hybridized carbons (Fsp3) is 0.514. The maximum absolute atomic E-state index is 13.8. The average Bonchev–Trinajstić information content (AvgIpc) is 3.73. The van der Waals surface area contributed by atoms with Crippen molar-refractivity contribution in [3.63, 3.8) is 0 Å². The Morgan fingerprint density at radius 3 is 2.17 bits per heavy atom. The molecular formula is C37H50N4O10S2. The largest absolute Gasteiger partial charge is 0.391 e. The van der Waals surface area contributed by atoms with Gasteiger partial charge in [-0.3, -0.25) is 18.6 Å². The molecule has 1 aromatic heterocycles. The van der Waals surface area contributed by atoms with Crippen LogP contribution >= 0.6 is 11.3 Å². The maximum Gasteiger partial charge on any atom is 0.297 e. The molecule has 0 bridgehead atoms. The molecule has 290 valence electrons. The van der Waals surface area contributed by atoms with Crippen molar-refractivity contribution in [1.29, 1.82) is 0 Å². The van der Waals surface area contributed by atoms with Crippen molar-refractivity contribution in [2.24, 2.45) is 5.41 Å². The summed E-state index contributed by atoms with van der Waals surface area (Å²) in [6, 6.07) is 12.3. The molecule has 14 nitrogen and oxygen atoms in total. The highest BCUT2D eigenvalue weighted by molar-refractivity contribution is 7.86. The number of nitrogens with zero attached hydrogens (tertiary/aromatic N) is 2. The third-order valence-corrected chi connectivity index (χ3v) is 10.8. The highest BCUT2D eigenvalue weighted by Crippen LogP contribution is 2.28. The molecule has 1 unspecified atom stereocenters. The number of rotatable bonds is 19. The van der Waals surface area contributed by atoms with E-state index in [0.29, 0.717) is 0 Å². The van der Waals surface area contributed by atoms with Crippen LogP contribution in [-0.2, 0) is 49.4 Å². The van der Waals surface area contributed by atoms with Gasteiger partial charge in [0.15, 0.2) is 0 Å². The van der Waals surface area contributed by atoms with Crippen molar-refractivity contribution in [3.05, 3.63) is 70.9 Å². The van der Waals surface area contributed by atoms with Gasteiger partial charge in [-0.25, -0.2) is 4.98 Å². The minimum absolute atomic E-state index is 0.0284. The van der Waals surface area contributed by atoms with Crippen LogP contribution in [-0.4, -0.2) is 112 Å². The predicted octanol–water partition coefficient (Wildman–Crippen LogP) is 2.99. The minimum Gasteiger partial charge on any atom is -0.391 e. The van der Waals surface area contributed by atoms with Crippen LogP contribution < -0.4 is 10.6 Å². The Hall–Kier alpha value is -3.77. The molecule has 3 N–H and O–H groups in total. The Balaban J connectivity index is 1.14. The van der Waals surface area contributed by atoms with Gasteiger partial charge in [-0.1, -0.05) is 62.7 Å². The lowest BCUT2D eigenvalue weighted by molar-refractivity contribution is -0.144. The fourth-order valence-electron chi connectivity index (χ4n) is 5.56. The Kier molecular flexibility index (Phi) is 15.5. The number of amides is 3. The van der Waals surface area contributed by atoms with Crippen LogP contribution in [0.4, 0.5) is 0 Å². The summed E-state index contributed by atoms with van der Waals surface area (Å²) >= 11 is 1.56. The number of hydrogen-bond acceptors (Lipinski definition) is 12. The van der Waals surface area contributed by atoms with Crippen molar-refractivity contribution in [2.75, 3.05) is 52.8 Å². The van der Waals surface area contributed by atoms with Crippen molar-refractivity contribution in [3.8, 4) is 10.4 Å². The number of carbonyl (C=O) groups is 3. The highest BCUT2D eigenvalue weighted by atomic mass is 32.2. The van der Waals surface area contributed by atoms with Crippen LogP contribution in [0, 0.1) is 19.3 Å². The van der Waals surface area contributed by atoms with Gasteiger partial charge in [-0.2, -0.15) is 8.42 Å². The van der Waals surface area contributed by atoms with E-state index in [-0.39, 0.29) is 76.6 Å². The van der Waals surface area contributed by atoms with Gasteiger partial charge in [0.2, 0.25) is 17.7 Å². The molecule has 2 aromatic carbocycles. The number of aryl methyl sites for hydroxylation is 2. The number of thiazole rings is 1. The molecule has 3 amide bonds. The van der Waals surface area contributed by atoms with Crippen LogP contribution in [0.2, 0.25) is 0 Å². The summed E-state index contributed by atoms with van der Waals surface area (Å²) in [6.07, 6.45) is -0.792. The standard InChI is InChI=1S/C37H50N4O10S2/c1-25-6-12-30(13-7-25)53(46,47)51-19-18-49-15-14-48-16-17-50-23-32(43)40-34(37(3,4)5)36(45)41-22-29(42)20-31(41)35(44)38-21-27-8-10-28(11-9-27)33-26(2)39-24-52-33/h6-13,24,29,31,34,42H,14-23H2,1-5H3,(H,38,44)(H,40,43)/t29-,31+,34?/m1/s1. The van der Waals surface area contributed by atoms with Crippen molar-refractivity contribution in [1.82, 2.24) is 20.5 Å². The molecule has 53 heavy (non-hydrogen) atoms. The quantitative estimate of drug-likeness (QED) is 0.120. The molecule has 1 aliphatic rings. The molecule has 16 heteroatoms. The topological polar surface area (TPSA) is 183 Å². The summed E-state index contributed by atoms with van der Waals surface area (Å²) in [7, 11) is -3.85. The fourth-order valence-corrected chi connectivity index (χ4v) is 7.27. The first kappa shape index (κ1) is 42.0. The molecule has 1 aliphatic heterocycles. The molecule has 3 atom stereocenters. The van der Waals surface area contributed by atoms with E-state index in [2.05, 4.69) is 15.6 Å². The van der Waals surface area contributed by atoms with Gasteiger partial charge in [0.1, 0.15) is 18.7 Å². The number of nitrogens with one attached hydrogen (secondary N) is 2. The van der Waals surface area contributed by atoms with Gasteiger partial charge in [-0.05, 0) is 42.5 Å². The van der Waals surface area contributed by atoms with Crippen LogP contribution in [0.5, 0.6) is 0 Å². The highest BCUT2D eigenvalue weighted by Gasteiger charge is 2.44. The lowest BCUT2D eigenvalue weighted by atomic mass is 9.85. The molecule has 0 aliphatic carbocycles. The second-order valence-electron chi connectivity index (χ2n) is 13.8. The molecule has 0 radical (unpaired) electrons. The van der Waals surface area contributed by atoms with Gasteiger partial charge < -0.3 is 34.9 Å². The van der Waals surface area contributed by atoms with E-state index in [1.165, 1.54) is 17.0 Å². The first-order valence-electron chi connectivity index (χ1n) is 17.4. The number of likely N-dealkylation sites (tertiary alicyclic amines) is 1. The molecule has 2 heterocycles. The zero-order valence-electron chi connectivity index (χ0n) is 30.8. The Morgan fingerprint density at radius 2 is 1.57 bits per heavy atom. The van der Waals surface area contributed by atoms with E-state index in [9.17, 15) is 27.9 Å². The number of benzene rings is 2. The van der Waals surface area contributed by atoms with Gasteiger partial charge in [0.25, 0.3) is 10.1 Å². The van der Waals surface area contributed by atoms with E-state index in [0.717, 1.165) is 27.3 Å². The molecule has 0 saturated carbocycles. The van der Waals surface area contributed by atoms with E-state index in [4.69, 9.17) is 18.4 Å². The van der Waals surface area contributed by atoms with Crippen LogP contribution in [0.15, 0.2) is 58.9 Å². The number of hydrogen-bond donors (Lipinski definition) is 3.